The molecule has 1 amide bonds. The Hall–Kier alpha value is -2.71. The van der Waals surface area contributed by atoms with E-state index in [-0.39, 0.29) is 11.9 Å². The molecule has 0 saturated carbocycles. The number of aromatic nitrogens is 2. The number of rotatable bonds is 4. The number of aryl methyl sites for hydroxylation is 1. The Morgan fingerprint density at radius 3 is 2.96 bits per heavy atom. The summed E-state index contributed by atoms with van der Waals surface area (Å²) in [5.41, 5.74) is 3.31. The second kappa shape index (κ2) is 7.37. The van der Waals surface area contributed by atoms with Gasteiger partial charge in [0.1, 0.15) is 16.3 Å². The third-order valence-electron chi connectivity index (χ3n) is 4.87. The molecule has 28 heavy (non-hydrogen) atoms. The van der Waals surface area contributed by atoms with Crippen molar-refractivity contribution in [3.8, 4) is 0 Å². The summed E-state index contributed by atoms with van der Waals surface area (Å²) in [6, 6.07) is 5.59. The Kier molecular flexibility index (Phi) is 4.91. The van der Waals surface area contributed by atoms with Crippen molar-refractivity contribution in [1.29, 1.82) is 0 Å². The summed E-state index contributed by atoms with van der Waals surface area (Å²) >= 11 is 1.45. The zero-order valence-electron chi connectivity index (χ0n) is 16.1. The highest BCUT2D eigenvalue weighted by atomic mass is 32.1. The Labute approximate surface area is 166 Å². The fraction of sp³-hybridized carbons (Fsp3) is 0.350. The van der Waals surface area contributed by atoms with Crippen molar-refractivity contribution in [2.75, 3.05) is 25.5 Å². The van der Waals surface area contributed by atoms with Crippen molar-refractivity contribution in [1.82, 2.24) is 14.3 Å². The molecule has 0 spiro atoms. The first-order chi connectivity index (χ1) is 13.5. The van der Waals surface area contributed by atoms with E-state index >= 15 is 0 Å². The van der Waals surface area contributed by atoms with Gasteiger partial charge in [0.15, 0.2) is 0 Å². The van der Waals surface area contributed by atoms with E-state index < -0.39 is 0 Å². The largest absolute Gasteiger partial charge is 0.462 e. The molecule has 3 aromatic heterocycles. The predicted octanol–water partition coefficient (Wildman–Crippen LogP) is 3.12. The van der Waals surface area contributed by atoms with Crippen LogP contribution in [0.4, 0.5) is 5.00 Å². The summed E-state index contributed by atoms with van der Waals surface area (Å²) in [6.07, 6.45) is 2.58. The van der Waals surface area contributed by atoms with Crippen LogP contribution in [0.2, 0.25) is 0 Å². The molecule has 146 valence electrons. The van der Waals surface area contributed by atoms with Gasteiger partial charge in [-0.05, 0) is 45.0 Å². The van der Waals surface area contributed by atoms with Crippen molar-refractivity contribution in [3.05, 3.63) is 51.8 Å². The number of hydrogen-bond donors (Lipinski definition) is 1. The summed E-state index contributed by atoms with van der Waals surface area (Å²) < 4.78 is 7.03. The topological polar surface area (TPSA) is 75.9 Å². The van der Waals surface area contributed by atoms with Crippen molar-refractivity contribution in [2.45, 2.75) is 26.8 Å². The molecule has 0 aliphatic carbocycles. The molecule has 0 bridgehead atoms. The molecule has 8 heteroatoms. The van der Waals surface area contributed by atoms with E-state index in [1.807, 2.05) is 38.4 Å². The zero-order valence-corrected chi connectivity index (χ0v) is 16.9. The van der Waals surface area contributed by atoms with Crippen molar-refractivity contribution < 1.29 is 14.3 Å². The smallest absolute Gasteiger partial charge is 0.341 e. The third-order valence-corrected chi connectivity index (χ3v) is 6.01. The molecule has 0 atom stereocenters. The van der Waals surface area contributed by atoms with Gasteiger partial charge in [0.2, 0.25) is 0 Å². The average molecular weight is 398 g/mol. The monoisotopic (exact) mass is 398 g/mol. The van der Waals surface area contributed by atoms with E-state index in [0.29, 0.717) is 34.2 Å². The van der Waals surface area contributed by atoms with Gasteiger partial charge in [0.05, 0.1) is 17.9 Å². The van der Waals surface area contributed by atoms with Gasteiger partial charge in [-0.25, -0.2) is 9.78 Å². The molecule has 0 radical (unpaired) electrons. The summed E-state index contributed by atoms with van der Waals surface area (Å²) in [5, 5.41) is 3.51. The van der Waals surface area contributed by atoms with E-state index in [0.717, 1.165) is 30.0 Å². The Morgan fingerprint density at radius 2 is 2.18 bits per heavy atom. The van der Waals surface area contributed by atoms with E-state index in [4.69, 9.17) is 4.74 Å². The molecule has 7 nitrogen and oxygen atoms in total. The average Bonchev–Trinajstić information content (AvgIpc) is 3.17. The number of nitrogens with one attached hydrogen (secondary N) is 1. The highest BCUT2D eigenvalue weighted by Gasteiger charge is 2.29. The quantitative estimate of drug-likeness (QED) is 0.684. The van der Waals surface area contributed by atoms with Gasteiger partial charge in [-0.2, -0.15) is 0 Å². The lowest BCUT2D eigenvalue weighted by atomic mass is 10.0. The second-order valence-electron chi connectivity index (χ2n) is 6.84. The molecular formula is C20H22N4O3S. The van der Waals surface area contributed by atoms with Crippen LogP contribution >= 0.6 is 11.3 Å². The number of nitrogens with zero attached hydrogens (tertiary/aromatic N) is 3. The van der Waals surface area contributed by atoms with E-state index in [9.17, 15) is 9.59 Å². The fourth-order valence-electron chi connectivity index (χ4n) is 3.59. The normalized spacial score (nSPS) is 14.1. The van der Waals surface area contributed by atoms with Crippen LogP contribution in [0.3, 0.4) is 0 Å². The lowest BCUT2D eigenvalue weighted by Gasteiger charge is -2.22. The molecule has 4 heterocycles. The van der Waals surface area contributed by atoms with E-state index in [2.05, 4.69) is 15.2 Å². The molecule has 0 fully saturated rings. The van der Waals surface area contributed by atoms with E-state index in [1.54, 1.807) is 11.3 Å². The number of anilines is 1. The highest BCUT2D eigenvalue weighted by Crippen LogP contribution is 2.37. The van der Waals surface area contributed by atoms with Gasteiger partial charge >= 0.3 is 5.97 Å². The third kappa shape index (κ3) is 3.18. The van der Waals surface area contributed by atoms with Gasteiger partial charge in [-0.15, -0.1) is 11.3 Å². The van der Waals surface area contributed by atoms with Crippen LogP contribution in [0.5, 0.6) is 0 Å². The van der Waals surface area contributed by atoms with Crippen LogP contribution in [-0.2, 0) is 17.7 Å². The first-order valence-electron chi connectivity index (χ1n) is 9.24. The van der Waals surface area contributed by atoms with Gasteiger partial charge in [0.25, 0.3) is 5.91 Å². The molecule has 0 unspecified atom stereocenters. The van der Waals surface area contributed by atoms with Crippen molar-refractivity contribution in [2.24, 2.45) is 0 Å². The number of esters is 1. The van der Waals surface area contributed by atoms with Crippen LogP contribution in [0, 0.1) is 6.92 Å². The number of imidazole rings is 1. The second-order valence-corrected chi connectivity index (χ2v) is 7.95. The standard InChI is InChI=1S/C20H22N4O3S/c1-4-27-20(26)16-13-8-10-23(3)11-14(13)28-19(16)22-18(25)17-12(2)21-15-7-5-6-9-24(15)17/h5-7,9H,4,8,10-11H2,1-3H3,(H,22,25). The molecule has 1 aliphatic heterocycles. The van der Waals surface area contributed by atoms with Crippen molar-refractivity contribution >= 4 is 33.9 Å². The number of likely N-dealkylation sites (N-methyl/N-ethyl adjacent to an activating group) is 1. The van der Waals surface area contributed by atoms with Crippen LogP contribution < -0.4 is 5.32 Å². The Bertz CT molecular complexity index is 1070. The van der Waals surface area contributed by atoms with Crippen LogP contribution in [0.25, 0.3) is 5.65 Å². The lowest BCUT2D eigenvalue weighted by molar-refractivity contribution is 0.0526. The lowest BCUT2D eigenvalue weighted by Crippen LogP contribution is -2.26. The Balaban J connectivity index is 1.73. The van der Waals surface area contributed by atoms with Gasteiger partial charge < -0.3 is 15.0 Å². The maximum Gasteiger partial charge on any atom is 0.341 e. The van der Waals surface area contributed by atoms with Crippen LogP contribution in [-0.4, -0.2) is 46.4 Å². The summed E-state index contributed by atoms with van der Waals surface area (Å²) in [4.78, 5) is 33.5. The minimum atomic E-state index is -0.380. The van der Waals surface area contributed by atoms with Crippen molar-refractivity contribution in [3.63, 3.8) is 0 Å². The summed E-state index contributed by atoms with van der Waals surface area (Å²) in [7, 11) is 2.05. The number of carbonyl (C=O) groups excluding carboxylic acids is 2. The number of amides is 1. The van der Waals surface area contributed by atoms with Gasteiger partial charge in [-0.1, -0.05) is 6.07 Å². The minimum Gasteiger partial charge on any atom is -0.462 e. The van der Waals surface area contributed by atoms with Gasteiger partial charge in [0, 0.05) is 24.2 Å². The molecule has 1 N–H and O–H groups in total. The fourth-order valence-corrected chi connectivity index (χ4v) is 4.90. The number of thiophene rings is 1. The number of pyridine rings is 1. The predicted molar refractivity (Wildman–Crippen MR) is 108 cm³/mol. The summed E-state index contributed by atoms with van der Waals surface area (Å²) in [5.74, 6) is -0.664. The van der Waals surface area contributed by atoms with E-state index in [1.165, 1.54) is 11.3 Å². The zero-order chi connectivity index (χ0) is 19.8. The van der Waals surface area contributed by atoms with Crippen LogP contribution in [0.1, 0.15) is 43.9 Å². The first-order valence-corrected chi connectivity index (χ1v) is 10.1. The maximum absolute atomic E-state index is 13.1. The molecule has 1 aliphatic rings. The molecule has 0 saturated heterocycles. The molecular weight excluding hydrogens is 376 g/mol. The first kappa shape index (κ1) is 18.6. The number of hydrogen-bond acceptors (Lipinski definition) is 6. The summed E-state index contributed by atoms with van der Waals surface area (Å²) in [6.45, 7) is 5.52. The molecule has 0 aromatic carbocycles. The molecule has 4 rings (SSSR count). The van der Waals surface area contributed by atoms with Gasteiger partial charge in [-0.3, -0.25) is 9.20 Å². The number of carbonyl (C=O) groups is 2. The van der Waals surface area contributed by atoms with Crippen LogP contribution in [0.15, 0.2) is 24.4 Å². The Morgan fingerprint density at radius 1 is 1.36 bits per heavy atom. The minimum absolute atomic E-state index is 0.284. The molecule has 3 aromatic rings. The SMILES string of the molecule is CCOC(=O)c1c(NC(=O)c2c(C)nc3ccccn23)sc2c1CCN(C)C2. The number of ether oxygens (including phenoxy) is 1. The number of fused-ring (bicyclic) bond motifs is 2. The highest BCUT2D eigenvalue weighted by molar-refractivity contribution is 7.17. The maximum atomic E-state index is 13.1.